The standard InChI is InChI=1S/C20H19ClFNO/c21-15-5-6-17(18(22)12-15)19-7-4-14-2-1-3-16(20(14)24-19)13-8-10-23-11-9-13/h1-7,12-13,19,23H,8-11H2. The lowest BCUT2D eigenvalue weighted by molar-refractivity contribution is 0.240. The van der Waals surface area contributed by atoms with E-state index in [1.807, 2.05) is 18.2 Å². The lowest BCUT2D eigenvalue weighted by atomic mass is 9.87. The molecule has 2 aliphatic heterocycles. The SMILES string of the molecule is Fc1cc(Cl)ccc1C1C=Cc2cccc(C3CCNCC3)c2O1. The second-order valence-corrected chi connectivity index (χ2v) is 6.79. The fourth-order valence-electron chi connectivity index (χ4n) is 3.55. The predicted octanol–water partition coefficient (Wildman–Crippen LogP) is 5.09. The number of hydrogen-bond acceptors (Lipinski definition) is 2. The molecule has 1 atom stereocenters. The molecule has 2 nitrogen and oxygen atoms in total. The van der Waals surface area contributed by atoms with Crippen molar-refractivity contribution in [2.45, 2.75) is 24.9 Å². The summed E-state index contributed by atoms with van der Waals surface area (Å²) in [6, 6.07) is 11.0. The molecule has 1 fully saturated rings. The molecule has 0 saturated carbocycles. The first-order valence-electron chi connectivity index (χ1n) is 8.36. The van der Waals surface area contributed by atoms with Crippen LogP contribution in [0.5, 0.6) is 5.75 Å². The Bertz CT molecular complexity index is 783. The molecule has 0 amide bonds. The third kappa shape index (κ3) is 2.94. The van der Waals surface area contributed by atoms with Crippen molar-refractivity contribution in [1.82, 2.24) is 5.32 Å². The van der Waals surface area contributed by atoms with Gasteiger partial charge in [0.15, 0.2) is 0 Å². The molecule has 2 aliphatic rings. The van der Waals surface area contributed by atoms with Crippen LogP contribution < -0.4 is 10.1 Å². The Morgan fingerprint density at radius 1 is 1.08 bits per heavy atom. The van der Waals surface area contributed by atoms with Crippen LogP contribution in [-0.2, 0) is 0 Å². The number of ether oxygens (including phenoxy) is 1. The molecule has 0 bridgehead atoms. The molecule has 1 N–H and O–H groups in total. The van der Waals surface area contributed by atoms with Crippen LogP contribution in [0.4, 0.5) is 4.39 Å². The molecular formula is C20H19ClFNO. The Morgan fingerprint density at radius 3 is 2.71 bits per heavy atom. The van der Waals surface area contributed by atoms with E-state index in [0.717, 1.165) is 37.2 Å². The summed E-state index contributed by atoms with van der Waals surface area (Å²) >= 11 is 5.86. The van der Waals surface area contributed by atoms with Gasteiger partial charge in [-0.3, -0.25) is 0 Å². The zero-order valence-electron chi connectivity index (χ0n) is 13.3. The van der Waals surface area contributed by atoms with Gasteiger partial charge in [0.25, 0.3) is 0 Å². The van der Waals surface area contributed by atoms with Crippen molar-refractivity contribution in [2.24, 2.45) is 0 Å². The van der Waals surface area contributed by atoms with E-state index in [2.05, 4.69) is 17.4 Å². The van der Waals surface area contributed by atoms with Crippen molar-refractivity contribution >= 4 is 17.7 Å². The molecule has 1 saturated heterocycles. The van der Waals surface area contributed by atoms with Crippen molar-refractivity contribution in [1.29, 1.82) is 0 Å². The summed E-state index contributed by atoms with van der Waals surface area (Å²) in [4.78, 5) is 0. The lowest BCUT2D eigenvalue weighted by Gasteiger charge is -2.29. The molecule has 2 heterocycles. The molecular weight excluding hydrogens is 325 g/mol. The minimum Gasteiger partial charge on any atom is -0.481 e. The third-order valence-electron chi connectivity index (χ3n) is 4.82. The second-order valence-electron chi connectivity index (χ2n) is 6.35. The number of halogens is 2. The molecule has 0 aromatic heterocycles. The first kappa shape index (κ1) is 15.7. The minimum atomic E-state index is -0.419. The fraction of sp³-hybridized carbons (Fsp3) is 0.300. The highest BCUT2D eigenvalue weighted by molar-refractivity contribution is 6.30. The van der Waals surface area contributed by atoms with Gasteiger partial charge in [-0.05, 0) is 55.6 Å². The van der Waals surface area contributed by atoms with Crippen molar-refractivity contribution < 1.29 is 9.13 Å². The van der Waals surface area contributed by atoms with Gasteiger partial charge in [-0.25, -0.2) is 4.39 Å². The largest absolute Gasteiger partial charge is 0.481 e. The van der Waals surface area contributed by atoms with Gasteiger partial charge in [0.2, 0.25) is 0 Å². The summed E-state index contributed by atoms with van der Waals surface area (Å²) in [5, 5.41) is 3.79. The first-order chi connectivity index (χ1) is 11.7. The topological polar surface area (TPSA) is 21.3 Å². The number of para-hydroxylation sites is 1. The average Bonchev–Trinajstić information content (AvgIpc) is 2.61. The maximum Gasteiger partial charge on any atom is 0.145 e. The zero-order valence-corrected chi connectivity index (χ0v) is 14.0. The van der Waals surface area contributed by atoms with Gasteiger partial charge in [-0.15, -0.1) is 0 Å². The van der Waals surface area contributed by atoms with Crippen molar-refractivity contribution in [2.75, 3.05) is 13.1 Å². The molecule has 124 valence electrons. The van der Waals surface area contributed by atoms with Crippen LogP contribution >= 0.6 is 11.6 Å². The monoisotopic (exact) mass is 343 g/mol. The highest BCUT2D eigenvalue weighted by atomic mass is 35.5. The summed E-state index contributed by atoms with van der Waals surface area (Å²) in [6.07, 6.45) is 5.72. The second kappa shape index (κ2) is 6.58. The molecule has 4 rings (SSSR count). The van der Waals surface area contributed by atoms with Crippen LogP contribution in [0.25, 0.3) is 6.08 Å². The Balaban J connectivity index is 1.68. The quantitative estimate of drug-likeness (QED) is 0.819. The summed E-state index contributed by atoms with van der Waals surface area (Å²) in [5.74, 6) is 1.05. The van der Waals surface area contributed by atoms with Gasteiger partial charge in [0.05, 0.1) is 0 Å². The van der Waals surface area contributed by atoms with Gasteiger partial charge in [0.1, 0.15) is 17.7 Å². The average molecular weight is 344 g/mol. The van der Waals surface area contributed by atoms with E-state index in [1.54, 1.807) is 12.1 Å². The number of benzene rings is 2. The van der Waals surface area contributed by atoms with Gasteiger partial charge in [0, 0.05) is 16.1 Å². The van der Waals surface area contributed by atoms with Gasteiger partial charge in [-0.1, -0.05) is 41.9 Å². The van der Waals surface area contributed by atoms with Crippen molar-refractivity contribution in [3.63, 3.8) is 0 Å². The minimum absolute atomic E-state index is 0.333. The Kier molecular flexibility index (Phi) is 4.30. The predicted molar refractivity (Wildman–Crippen MR) is 95.1 cm³/mol. The first-order valence-corrected chi connectivity index (χ1v) is 8.73. The van der Waals surface area contributed by atoms with E-state index in [9.17, 15) is 4.39 Å². The molecule has 24 heavy (non-hydrogen) atoms. The summed E-state index contributed by atoms with van der Waals surface area (Å²) in [6.45, 7) is 2.05. The zero-order chi connectivity index (χ0) is 16.5. The molecule has 2 aromatic carbocycles. The summed E-state index contributed by atoms with van der Waals surface area (Å²) in [7, 11) is 0. The fourth-order valence-corrected chi connectivity index (χ4v) is 3.71. The van der Waals surface area contributed by atoms with E-state index in [4.69, 9.17) is 16.3 Å². The van der Waals surface area contributed by atoms with Crippen LogP contribution in [0.3, 0.4) is 0 Å². The van der Waals surface area contributed by atoms with Crippen LogP contribution in [-0.4, -0.2) is 13.1 Å². The lowest BCUT2D eigenvalue weighted by Crippen LogP contribution is -2.27. The number of hydrogen-bond donors (Lipinski definition) is 1. The van der Waals surface area contributed by atoms with E-state index >= 15 is 0 Å². The summed E-state index contributed by atoms with van der Waals surface area (Å²) in [5.41, 5.74) is 2.82. The number of fused-ring (bicyclic) bond motifs is 1. The van der Waals surface area contributed by atoms with Crippen molar-refractivity contribution in [3.8, 4) is 5.75 Å². The van der Waals surface area contributed by atoms with Crippen molar-refractivity contribution in [3.05, 3.63) is 70.0 Å². The van der Waals surface area contributed by atoms with Gasteiger partial charge in [-0.2, -0.15) is 0 Å². The number of piperidine rings is 1. The molecule has 0 spiro atoms. The molecule has 0 aliphatic carbocycles. The smallest absolute Gasteiger partial charge is 0.145 e. The van der Waals surface area contributed by atoms with E-state index in [-0.39, 0.29) is 5.82 Å². The maximum atomic E-state index is 14.3. The van der Waals surface area contributed by atoms with Crippen LogP contribution in [0, 0.1) is 5.82 Å². The van der Waals surface area contributed by atoms with Crippen LogP contribution in [0.1, 0.15) is 41.6 Å². The van der Waals surface area contributed by atoms with E-state index in [0.29, 0.717) is 16.5 Å². The number of rotatable bonds is 2. The highest BCUT2D eigenvalue weighted by Gasteiger charge is 2.25. The molecule has 0 radical (unpaired) electrons. The van der Waals surface area contributed by atoms with Crippen LogP contribution in [0.2, 0.25) is 5.02 Å². The van der Waals surface area contributed by atoms with E-state index in [1.165, 1.54) is 11.6 Å². The molecule has 2 aromatic rings. The van der Waals surface area contributed by atoms with E-state index < -0.39 is 6.10 Å². The third-order valence-corrected chi connectivity index (χ3v) is 5.05. The number of nitrogens with one attached hydrogen (secondary N) is 1. The molecule has 1 unspecified atom stereocenters. The maximum absolute atomic E-state index is 14.3. The van der Waals surface area contributed by atoms with Gasteiger partial charge < -0.3 is 10.1 Å². The normalized spacial score (nSPS) is 20.5. The summed E-state index contributed by atoms with van der Waals surface area (Å²) < 4.78 is 20.5. The highest BCUT2D eigenvalue weighted by Crippen LogP contribution is 2.41. The Hall–Kier alpha value is -1.84. The Labute approximate surface area is 146 Å². The Morgan fingerprint density at radius 2 is 1.92 bits per heavy atom. The van der Waals surface area contributed by atoms with Gasteiger partial charge >= 0.3 is 0 Å². The molecule has 4 heteroatoms. The van der Waals surface area contributed by atoms with Crippen LogP contribution in [0.15, 0.2) is 42.5 Å².